The fraction of sp³-hybridized carbons (Fsp3) is 0.200. The summed E-state index contributed by atoms with van der Waals surface area (Å²) in [7, 11) is 1.30. The van der Waals surface area contributed by atoms with Crippen molar-refractivity contribution in [2.24, 2.45) is 0 Å². The first-order valence-electron chi connectivity index (χ1n) is 8.19. The molecule has 0 radical (unpaired) electrons. The molecule has 0 aliphatic heterocycles. The minimum absolute atomic E-state index is 0.0997. The number of amides is 1. The van der Waals surface area contributed by atoms with Crippen molar-refractivity contribution < 1.29 is 32.2 Å². The summed E-state index contributed by atoms with van der Waals surface area (Å²) in [5.74, 6) is -0.680. The number of hydrogen-bond donors (Lipinski definition) is 1. The first-order valence-corrected chi connectivity index (χ1v) is 8.19. The summed E-state index contributed by atoms with van der Waals surface area (Å²) in [5.41, 5.74) is 1.85. The van der Waals surface area contributed by atoms with Crippen molar-refractivity contribution in [1.29, 1.82) is 0 Å². The van der Waals surface area contributed by atoms with Crippen LogP contribution < -0.4 is 10.1 Å². The Morgan fingerprint density at radius 2 is 1.68 bits per heavy atom. The molecule has 1 amide bonds. The molecule has 0 aliphatic carbocycles. The van der Waals surface area contributed by atoms with Gasteiger partial charge in [0, 0.05) is 12.6 Å². The Balaban J connectivity index is 1.81. The molecule has 28 heavy (non-hydrogen) atoms. The zero-order valence-corrected chi connectivity index (χ0v) is 15.0. The minimum atomic E-state index is -4.39. The molecule has 0 saturated heterocycles. The van der Waals surface area contributed by atoms with E-state index in [2.05, 4.69) is 14.8 Å². The second-order valence-corrected chi connectivity index (χ2v) is 5.71. The third-order valence-corrected chi connectivity index (χ3v) is 3.55. The highest BCUT2D eigenvalue weighted by atomic mass is 19.4. The molecule has 1 N–H and O–H groups in total. The van der Waals surface area contributed by atoms with Crippen LogP contribution in [-0.4, -0.2) is 31.8 Å². The van der Waals surface area contributed by atoms with Gasteiger partial charge >= 0.3 is 12.1 Å². The van der Waals surface area contributed by atoms with E-state index in [0.29, 0.717) is 11.1 Å². The zero-order valence-electron chi connectivity index (χ0n) is 15.0. The summed E-state index contributed by atoms with van der Waals surface area (Å²) in [6.45, 7) is -1.14. The Labute approximate surface area is 159 Å². The molecule has 5 nitrogen and oxygen atoms in total. The van der Waals surface area contributed by atoms with Crippen LogP contribution in [0.4, 0.5) is 13.2 Å². The smallest absolute Gasteiger partial charge is 0.422 e. The Kier molecular flexibility index (Phi) is 7.20. The van der Waals surface area contributed by atoms with Crippen LogP contribution in [-0.2, 0) is 16.1 Å². The van der Waals surface area contributed by atoms with Crippen LogP contribution >= 0.6 is 0 Å². The van der Waals surface area contributed by atoms with E-state index in [1.54, 1.807) is 42.5 Å². The summed E-state index contributed by atoms with van der Waals surface area (Å²) in [6, 6.07) is 12.5. The molecule has 0 atom stereocenters. The highest BCUT2D eigenvalue weighted by molar-refractivity contribution is 5.92. The molecule has 0 saturated carbocycles. The average molecular weight is 393 g/mol. The molecule has 0 fully saturated rings. The maximum Gasteiger partial charge on any atom is 0.422 e. The largest absolute Gasteiger partial charge is 0.484 e. The van der Waals surface area contributed by atoms with Gasteiger partial charge in [0.05, 0.1) is 12.7 Å². The number of methoxy groups -OCH3 is 1. The van der Waals surface area contributed by atoms with E-state index in [4.69, 9.17) is 0 Å². The summed E-state index contributed by atoms with van der Waals surface area (Å²) in [6.07, 6.45) is -1.46. The van der Waals surface area contributed by atoms with Gasteiger partial charge in [0.1, 0.15) is 5.75 Å². The highest BCUT2D eigenvalue weighted by Crippen LogP contribution is 2.18. The second-order valence-electron chi connectivity index (χ2n) is 5.71. The van der Waals surface area contributed by atoms with Crippen molar-refractivity contribution in [2.75, 3.05) is 13.7 Å². The van der Waals surface area contributed by atoms with Gasteiger partial charge in [-0.1, -0.05) is 24.3 Å². The standard InChI is InChI=1S/C20H18F3NO4/c1-27-19(26)16-7-2-14(3-8-16)6-11-18(25)24-12-15-4-9-17(10-5-15)28-13-20(21,22)23/h2-11H,12-13H2,1H3,(H,24,25)/b11-6+. The quantitative estimate of drug-likeness (QED) is 0.575. The number of nitrogens with one attached hydrogen (secondary N) is 1. The van der Waals surface area contributed by atoms with Gasteiger partial charge in [0.25, 0.3) is 0 Å². The lowest BCUT2D eigenvalue weighted by atomic mass is 10.1. The van der Waals surface area contributed by atoms with E-state index in [0.717, 1.165) is 5.56 Å². The Morgan fingerprint density at radius 3 is 2.25 bits per heavy atom. The fourth-order valence-corrected chi connectivity index (χ4v) is 2.14. The normalized spacial score (nSPS) is 11.3. The summed E-state index contributed by atoms with van der Waals surface area (Å²) in [5, 5.41) is 2.66. The van der Waals surface area contributed by atoms with E-state index in [-0.39, 0.29) is 18.2 Å². The molecule has 0 spiro atoms. The molecule has 0 bridgehead atoms. The van der Waals surface area contributed by atoms with Crippen LogP contribution in [0.15, 0.2) is 54.6 Å². The lowest BCUT2D eigenvalue weighted by molar-refractivity contribution is -0.153. The molecule has 0 heterocycles. The number of carbonyl (C=O) groups is 2. The van der Waals surface area contributed by atoms with Crippen LogP contribution in [0, 0.1) is 0 Å². The third kappa shape index (κ3) is 7.14. The van der Waals surface area contributed by atoms with Crippen LogP contribution in [0.2, 0.25) is 0 Å². The van der Waals surface area contributed by atoms with Crippen molar-refractivity contribution >= 4 is 18.0 Å². The SMILES string of the molecule is COC(=O)c1ccc(/C=C/C(=O)NCc2ccc(OCC(F)(F)F)cc2)cc1. The second kappa shape index (κ2) is 9.59. The summed E-state index contributed by atoms with van der Waals surface area (Å²) < 4.78 is 45.5. The molecular weight excluding hydrogens is 375 g/mol. The van der Waals surface area contributed by atoms with Crippen molar-refractivity contribution in [1.82, 2.24) is 5.32 Å². The molecule has 2 aromatic carbocycles. The van der Waals surface area contributed by atoms with Gasteiger partial charge in [-0.3, -0.25) is 4.79 Å². The van der Waals surface area contributed by atoms with Crippen LogP contribution in [0.5, 0.6) is 5.75 Å². The monoisotopic (exact) mass is 393 g/mol. The average Bonchev–Trinajstić information content (AvgIpc) is 2.69. The van der Waals surface area contributed by atoms with Crippen LogP contribution in [0.3, 0.4) is 0 Å². The topological polar surface area (TPSA) is 64.6 Å². The number of hydrogen-bond acceptors (Lipinski definition) is 4. The highest BCUT2D eigenvalue weighted by Gasteiger charge is 2.28. The number of halogens is 3. The number of esters is 1. The third-order valence-electron chi connectivity index (χ3n) is 3.55. The molecule has 8 heteroatoms. The van der Waals surface area contributed by atoms with Gasteiger partial charge in [-0.15, -0.1) is 0 Å². The lowest BCUT2D eigenvalue weighted by Gasteiger charge is -2.09. The molecule has 0 aromatic heterocycles. The van der Waals surface area contributed by atoms with Crippen molar-refractivity contribution in [3.8, 4) is 5.75 Å². The number of rotatable bonds is 7. The van der Waals surface area contributed by atoms with Crippen molar-refractivity contribution in [3.63, 3.8) is 0 Å². The Morgan fingerprint density at radius 1 is 1.04 bits per heavy atom. The van der Waals surface area contributed by atoms with E-state index in [1.165, 1.54) is 25.3 Å². The van der Waals surface area contributed by atoms with E-state index in [9.17, 15) is 22.8 Å². The first kappa shape index (κ1) is 21.0. The van der Waals surface area contributed by atoms with E-state index >= 15 is 0 Å². The lowest BCUT2D eigenvalue weighted by Crippen LogP contribution is -2.20. The number of alkyl halides is 3. The number of ether oxygens (including phenoxy) is 2. The van der Waals surface area contributed by atoms with E-state index < -0.39 is 18.8 Å². The number of carbonyl (C=O) groups excluding carboxylic acids is 2. The number of benzene rings is 2. The van der Waals surface area contributed by atoms with Gasteiger partial charge in [-0.05, 0) is 41.5 Å². The van der Waals surface area contributed by atoms with Gasteiger partial charge in [0.2, 0.25) is 5.91 Å². The first-order chi connectivity index (χ1) is 13.3. The minimum Gasteiger partial charge on any atom is -0.484 e. The predicted molar refractivity (Wildman–Crippen MR) is 96.7 cm³/mol. The molecule has 2 aromatic rings. The molecule has 2 rings (SSSR count). The summed E-state index contributed by atoms with van der Waals surface area (Å²) in [4.78, 5) is 23.2. The molecule has 0 aliphatic rings. The Hall–Kier alpha value is -3.29. The van der Waals surface area contributed by atoms with Crippen molar-refractivity contribution in [3.05, 3.63) is 71.3 Å². The van der Waals surface area contributed by atoms with Gasteiger partial charge < -0.3 is 14.8 Å². The zero-order chi connectivity index (χ0) is 20.6. The molecule has 148 valence electrons. The van der Waals surface area contributed by atoms with Gasteiger partial charge in [0.15, 0.2) is 6.61 Å². The fourth-order valence-electron chi connectivity index (χ4n) is 2.14. The summed E-state index contributed by atoms with van der Waals surface area (Å²) >= 11 is 0. The maximum absolute atomic E-state index is 12.1. The van der Waals surface area contributed by atoms with E-state index in [1.807, 2.05) is 0 Å². The van der Waals surface area contributed by atoms with Crippen LogP contribution in [0.25, 0.3) is 6.08 Å². The van der Waals surface area contributed by atoms with Crippen molar-refractivity contribution in [2.45, 2.75) is 12.7 Å². The van der Waals surface area contributed by atoms with Gasteiger partial charge in [-0.2, -0.15) is 13.2 Å². The Bertz CT molecular complexity index is 828. The van der Waals surface area contributed by atoms with Gasteiger partial charge in [-0.25, -0.2) is 4.79 Å². The molecule has 0 unspecified atom stereocenters. The molecular formula is C20H18F3NO4. The van der Waals surface area contributed by atoms with Crippen LogP contribution in [0.1, 0.15) is 21.5 Å². The predicted octanol–water partition coefficient (Wildman–Crippen LogP) is 3.74. The maximum atomic E-state index is 12.1.